The molecular formula is C13H12Cl2N2. The fourth-order valence-corrected chi connectivity index (χ4v) is 2.05. The van der Waals surface area contributed by atoms with Gasteiger partial charge in [-0.15, -0.1) is 0 Å². The van der Waals surface area contributed by atoms with Crippen molar-refractivity contribution in [2.75, 3.05) is 17.7 Å². The van der Waals surface area contributed by atoms with E-state index in [0.717, 1.165) is 11.4 Å². The standard InChI is InChI=1S/C13H12Cl2N2/c1-17(10-5-2-4-9(16)8-10)12-7-3-6-11(14)13(12)15/h2-8H,16H2,1H3. The molecule has 0 aliphatic heterocycles. The second-order valence-electron chi connectivity index (χ2n) is 3.73. The van der Waals surface area contributed by atoms with Gasteiger partial charge in [0, 0.05) is 18.4 Å². The summed E-state index contributed by atoms with van der Waals surface area (Å²) < 4.78 is 0. The van der Waals surface area contributed by atoms with Gasteiger partial charge in [0.2, 0.25) is 0 Å². The van der Waals surface area contributed by atoms with Crippen molar-refractivity contribution < 1.29 is 0 Å². The maximum atomic E-state index is 6.17. The summed E-state index contributed by atoms with van der Waals surface area (Å²) in [5, 5.41) is 1.08. The van der Waals surface area contributed by atoms with Crippen LogP contribution in [0.5, 0.6) is 0 Å². The van der Waals surface area contributed by atoms with E-state index in [-0.39, 0.29) is 0 Å². The summed E-state index contributed by atoms with van der Waals surface area (Å²) in [7, 11) is 1.92. The largest absolute Gasteiger partial charge is 0.399 e. The van der Waals surface area contributed by atoms with E-state index < -0.39 is 0 Å². The van der Waals surface area contributed by atoms with Crippen LogP contribution in [-0.2, 0) is 0 Å². The number of nitrogens with zero attached hydrogens (tertiary/aromatic N) is 1. The summed E-state index contributed by atoms with van der Waals surface area (Å²) >= 11 is 12.2. The predicted octanol–water partition coefficient (Wildman–Crippen LogP) is 4.34. The summed E-state index contributed by atoms with van der Waals surface area (Å²) in [6.07, 6.45) is 0. The van der Waals surface area contributed by atoms with E-state index >= 15 is 0 Å². The fourth-order valence-electron chi connectivity index (χ4n) is 1.62. The highest BCUT2D eigenvalue weighted by molar-refractivity contribution is 6.43. The van der Waals surface area contributed by atoms with Crippen molar-refractivity contribution in [3.63, 3.8) is 0 Å². The Morgan fingerprint density at radius 3 is 2.47 bits per heavy atom. The van der Waals surface area contributed by atoms with Crippen molar-refractivity contribution in [2.24, 2.45) is 0 Å². The lowest BCUT2D eigenvalue weighted by Gasteiger charge is -2.21. The summed E-state index contributed by atoms with van der Waals surface area (Å²) in [6, 6.07) is 13.1. The van der Waals surface area contributed by atoms with Crippen LogP contribution in [0.3, 0.4) is 0 Å². The lowest BCUT2D eigenvalue weighted by atomic mass is 10.2. The third-order valence-electron chi connectivity index (χ3n) is 2.55. The van der Waals surface area contributed by atoms with E-state index in [1.165, 1.54) is 0 Å². The number of nitrogens with two attached hydrogens (primary N) is 1. The third kappa shape index (κ3) is 2.48. The molecule has 2 aromatic rings. The Kier molecular flexibility index (Phi) is 3.46. The van der Waals surface area contributed by atoms with Gasteiger partial charge >= 0.3 is 0 Å². The Bertz CT molecular complexity index is 541. The molecule has 0 atom stereocenters. The average Bonchev–Trinajstić information content (AvgIpc) is 2.32. The van der Waals surface area contributed by atoms with Crippen molar-refractivity contribution in [3.05, 3.63) is 52.5 Å². The highest BCUT2D eigenvalue weighted by Gasteiger charge is 2.10. The SMILES string of the molecule is CN(c1cccc(N)c1)c1cccc(Cl)c1Cl. The van der Waals surface area contributed by atoms with Gasteiger partial charge < -0.3 is 10.6 Å². The van der Waals surface area contributed by atoms with Crippen molar-refractivity contribution in [2.45, 2.75) is 0 Å². The number of anilines is 3. The van der Waals surface area contributed by atoms with Gasteiger partial charge in [0.15, 0.2) is 0 Å². The first-order valence-electron chi connectivity index (χ1n) is 5.13. The van der Waals surface area contributed by atoms with Crippen LogP contribution in [0, 0.1) is 0 Å². The Hall–Kier alpha value is -1.38. The molecule has 0 amide bonds. The van der Waals surface area contributed by atoms with Gasteiger partial charge in [-0.2, -0.15) is 0 Å². The quantitative estimate of drug-likeness (QED) is 0.820. The number of nitrogen functional groups attached to an aromatic ring is 1. The first-order valence-corrected chi connectivity index (χ1v) is 5.88. The minimum Gasteiger partial charge on any atom is -0.399 e. The molecule has 0 radical (unpaired) electrons. The molecule has 4 heteroatoms. The van der Waals surface area contributed by atoms with Crippen LogP contribution in [0.25, 0.3) is 0 Å². The molecule has 2 aromatic carbocycles. The van der Waals surface area contributed by atoms with Crippen LogP contribution >= 0.6 is 23.2 Å². The molecule has 0 unspecified atom stereocenters. The van der Waals surface area contributed by atoms with E-state index in [1.807, 2.05) is 48.3 Å². The van der Waals surface area contributed by atoms with Crippen molar-refractivity contribution >= 4 is 40.3 Å². The summed E-state index contributed by atoms with van der Waals surface area (Å²) in [5.74, 6) is 0. The molecule has 0 aliphatic carbocycles. The van der Waals surface area contributed by atoms with Crippen LogP contribution in [0.1, 0.15) is 0 Å². The zero-order valence-corrected chi connectivity index (χ0v) is 10.8. The van der Waals surface area contributed by atoms with Crippen LogP contribution in [0.15, 0.2) is 42.5 Å². The van der Waals surface area contributed by atoms with Crippen LogP contribution < -0.4 is 10.6 Å². The molecule has 0 spiro atoms. The van der Waals surface area contributed by atoms with Gasteiger partial charge in [0.1, 0.15) is 0 Å². The first kappa shape index (κ1) is 12.1. The molecule has 2 nitrogen and oxygen atoms in total. The van der Waals surface area contributed by atoms with E-state index in [2.05, 4.69) is 0 Å². The molecule has 0 fully saturated rings. The molecule has 0 bridgehead atoms. The van der Waals surface area contributed by atoms with Crippen molar-refractivity contribution in [3.8, 4) is 0 Å². The number of rotatable bonds is 2. The first-order chi connectivity index (χ1) is 8.09. The number of halogens is 2. The van der Waals surface area contributed by atoms with Crippen molar-refractivity contribution in [1.29, 1.82) is 0 Å². The molecule has 17 heavy (non-hydrogen) atoms. The Morgan fingerprint density at radius 1 is 1.06 bits per heavy atom. The number of benzene rings is 2. The normalized spacial score (nSPS) is 10.3. The van der Waals surface area contributed by atoms with Gasteiger partial charge in [-0.05, 0) is 30.3 Å². The summed E-state index contributed by atoms with van der Waals surface area (Å²) in [5.41, 5.74) is 8.29. The monoisotopic (exact) mass is 266 g/mol. The lowest BCUT2D eigenvalue weighted by Crippen LogP contribution is -2.10. The van der Waals surface area contributed by atoms with Gasteiger partial charge in [-0.25, -0.2) is 0 Å². The number of hydrogen-bond donors (Lipinski definition) is 1. The Labute approximate surface area is 111 Å². The van der Waals surface area contributed by atoms with E-state index in [1.54, 1.807) is 6.07 Å². The summed E-state index contributed by atoms with van der Waals surface area (Å²) in [4.78, 5) is 1.95. The molecule has 0 aromatic heterocycles. The average molecular weight is 267 g/mol. The molecule has 0 saturated heterocycles. The van der Waals surface area contributed by atoms with Gasteiger partial charge in [-0.1, -0.05) is 35.3 Å². The minimum atomic E-state index is 0.541. The molecule has 2 N–H and O–H groups in total. The molecule has 2 rings (SSSR count). The van der Waals surface area contributed by atoms with E-state index in [9.17, 15) is 0 Å². The second kappa shape index (κ2) is 4.86. The zero-order valence-electron chi connectivity index (χ0n) is 9.32. The molecule has 0 saturated carbocycles. The minimum absolute atomic E-state index is 0.541. The highest BCUT2D eigenvalue weighted by Crippen LogP contribution is 2.35. The Balaban J connectivity index is 2.44. The van der Waals surface area contributed by atoms with Gasteiger partial charge in [0.05, 0.1) is 15.7 Å². The smallest absolute Gasteiger partial charge is 0.0829 e. The highest BCUT2D eigenvalue weighted by atomic mass is 35.5. The van der Waals surface area contributed by atoms with E-state index in [0.29, 0.717) is 15.7 Å². The maximum Gasteiger partial charge on any atom is 0.0829 e. The maximum absolute atomic E-state index is 6.17. The molecular weight excluding hydrogens is 255 g/mol. The number of hydrogen-bond acceptors (Lipinski definition) is 2. The third-order valence-corrected chi connectivity index (χ3v) is 3.36. The van der Waals surface area contributed by atoms with E-state index in [4.69, 9.17) is 28.9 Å². The van der Waals surface area contributed by atoms with Crippen molar-refractivity contribution in [1.82, 2.24) is 0 Å². The van der Waals surface area contributed by atoms with Crippen LogP contribution in [-0.4, -0.2) is 7.05 Å². The topological polar surface area (TPSA) is 29.3 Å². The van der Waals surface area contributed by atoms with Crippen LogP contribution in [0.4, 0.5) is 17.1 Å². The van der Waals surface area contributed by atoms with Crippen LogP contribution in [0.2, 0.25) is 10.0 Å². The summed E-state index contributed by atoms with van der Waals surface area (Å²) in [6.45, 7) is 0. The second-order valence-corrected chi connectivity index (χ2v) is 4.51. The Morgan fingerprint density at radius 2 is 1.76 bits per heavy atom. The molecule has 88 valence electrons. The van der Waals surface area contributed by atoms with Gasteiger partial charge in [-0.3, -0.25) is 0 Å². The fraction of sp³-hybridized carbons (Fsp3) is 0.0769. The predicted molar refractivity (Wildman–Crippen MR) is 75.4 cm³/mol. The molecule has 0 heterocycles. The lowest BCUT2D eigenvalue weighted by molar-refractivity contribution is 1.21. The molecule has 0 aliphatic rings. The van der Waals surface area contributed by atoms with Gasteiger partial charge in [0.25, 0.3) is 0 Å². The zero-order chi connectivity index (χ0) is 12.4.